The molecule has 4 aliphatic rings. The smallest absolute Gasteiger partial charge is 0.312 e. The van der Waals surface area contributed by atoms with Crippen LogP contribution in [0, 0.1) is 17.8 Å². The van der Waals surface area contributed by atoms with Gasteiger partial charge in [-0.3, -0.25) is 9.59 Å². The first kappa shape index (κ1) is 18.5. The van der Waals surface area contributed by atoms with Gasteiger partial charge in [0.05, 0.1) is 30.2 Å². The van der Waals surface area contributed by atoms with Crippen molar-refractivity contribution in [1.29, 1.82) is 0 Å². The largest absolute Gasteiger partial charge is 0.474 e. The standard InChI is InChI=1S/C20H28N2O5/c1-2-26-20(24)15-10-14-17(23)13-9-12(11-5-7-25-8-6-11)3-4-16(13)27-19(14)22-18(15)21/h3,11,13,15-16,18,22H,2,4-10,21H2,1H3/t13-,15-,16+,18+/m0/s1. The van der Waals surface area contributed by atoms with Crippen LogP contribution in [0.25, 0.3) is 0 Å². The number of rotatable bonds is 3. The first-order valence-electron chi connectivity index (χ1n) is 9.98. The van der Waals surface area contributed by atoms with E-state index in [1.807, 2.05) is 0 Å². The Labute approximate surface area is 159 Å². The summed E-state index contributed by atoms with van der Waals surface area (Å²) in [7, 11) is 0. The van der Waals surface area contributed by atoms with Crippen LogP contribution in [0.15, 0.2) is 23.1 Å². The normalized spacial score (nSPS) is 34.0. The molecule has 1 aliphatic carbocycles. The van der Waals surface area contributed by atoms with Crippen LogP contribution in [-0.4, -0.2) is 43.8 Å². The molecule has 1 fully saturated rings. The molecule has 3 heterocycles. The molecule has 27 heavy (non-hydrogen) atoms. The molecule has 0 bridgehead atoms. The van der Waals surface area contributed by atoms with E-state index in [-0.39, 0.29) is 30.2 Å². The molecule has 4 atom stereocenters. The van der Waals surface area contributed by atoms with Crippen molar-refractivity contribution < 1.29 is 23.8 Å². The zero-order chi connectivity index (χ0) is 19.0. The minimum atomic E-state index is -0.607. The minimum Gasteiger partial charge on any atom is -0.474 e. The Bertz CT molecular complexity index is 680. The van der Waals surface area contributed by atoms with Gasteiger partial charge in [0.25, 0.3) is 0 Å². The van der Waals surface area contributed by atoms with Crippen LogP contribution in [0.3, 0.4) is 0 Å². The van der Waals surface area contributed by atoms with Gasteiger partial charge in [0.15, 0.2) is 11.7 Å². The topological polar surface area (TPSA) is 99.9 Å². The summed E-state index contributed by atoms with van der Waals surface area (Å²) in [5, 5.41) is 3.02. The lowest BCUT2D eigenvalue weighted by Gasteiger charge is -2.42. The van der Waals surface area contributed by atoms with Gasteiger partial charge in [-0.05, 0) is 38.5 Å². The summed E-state index contributed by atoms with van der Waals surface area (Å²) in [6.45, 7) is 3.64. The fraction of sp³-hybridized carbons (Fsp3) is 0.700. The van der Waals surface area contributed by atoms with Crippen LogP contribution in [0.1, 0.15) is 39.0 Å². The third-order valence-corrected chi connectivity index (χ3v) is 6.18. The Morgan fingerprint density at radius 1 is 1.33 bits per heavy atom. The Balaban J connectivity index is 1.50. The molecule has 0 aromatic heterocycles. The number of allylic oxidation sites excluding steroid dienone is 2. The molecule has 0 radical (unpaired) electrons. The fourth-order valence-electron chi connectivity index (χ4n) is 4.64. The van der Waals surface area contributed by atoms with Crippen LogP contribution < -0.4 is 11.1 Å². The zero-order valence-electron chi connectivity index (χ0n) is 15.7. The molecule has 7 heteroatoms. The Hall–Kier alpha value is -1.86. The Morgan fingerprint density at radius 2 is 2.11 bits per heavy atom. The summed E-state index contributed by atoms with van der Waals surface area (Å²) in [5.41, 5.74) is 8.01. The summed E-state index contributed by atoms with van der Waals surface area (Å²) in [6, 6.07) is 0. The number of nitrogens with two attached hydrogens (primary N) is 1. The van der Waals surface area contributed by atoms with E-state index in [1.165, 1.54) is 5.57 Å². The molecule has 0 aromatic rings. The second-order valence-corrected chi connectivity index (χ2v) is 7.77. The number of carbonyl (C=O) groups excluding carboxylic acids is 2. The highest BCUT2D eigenvalue weighted by molar-refractivity contribution is 5.99. The van der Waals surface area contributed by atoms with E-state index in [2.05, 4.69) is 11.4 Å². The fourth-order valence-corrected chi connectivity index (χ4v) is 4.64. The van der Waals surface area contributed by atoms with Crippen molar-refractivity contribution in [2.45, 2.75) is 51.3 Å². The maximum Gasteiger partial charge on any atom is 0.312 e. The van der Waals surface area contributed by atoms with Gasteiger partial charge in [0.2, 0.25) is 0 Å². The maximum absolute atomic E-state index is 13.2. The van der Waals surface area contributed by atoms with Crippen molar-refractivity contribution in [3.05, 3.63) is 23.1 Å². The van der Waals surface area contributed by atoms with E-state index in [0.717, 1.165) is 38.9 Å². The van der Waals surface area contributed by atoms with Gasteiger partial charge in [-0.15, -0.1) is 0 Å². The minimum absolute atomic E-state index is 0.0904. The lowest BCUT2D eigenvalue weighted by atomic mass is 9.73. The highest BCUT2D eigenvalue weighted by Crippen LogP contribution is 2.41. The van der Waals surface area contributed by atoms with E-state index >= 15 is 0 Å². The van der Waals surface area contributed by atoms with Gasteiger partial charge >= 0.3 is 5.97 Å². The highest BCUT2D eigenvalue weighted by Gasteiger charge is 2.46. The zero-order valence-corrected chi connectivity index (χ0v) is 15.7. The highest BCUT2D eigenvalue weighted by atomic mass is 16.5. The van der Waals surface area contributed by atoms with E-state index in [4.69, 9.17) is 19.9 Å². The van der Waals surface area contributed by atoms with E-state index in [1.54, 1.807) is 6.92 Å². The third kappa shape index (κ3) is 3.50. The number of fused-ring (bicyclic) bond motifs is 1. The predicted molar refractivity (Wildman–Crippen MR) is 97.1 cm³/mol. The first-order chi connectivity index (χ1) is 13.1. The van der Waals surface area contributed by atoms with E-state index in [0.29, 0.717) is 24.0 Å². The van der Waals surface area contributed by atoms with Gasteiger partial charge in [-0.2, -0.15) is 0 Å². The molecular formula is C20H28N2O5. The number of nitrogens with one attached hydrogen (secondary N) is 1. The molecule has 0 aromatic carbocycles. The summed E-state index contributed by atoms with van der Waals surface area (Å²) >= 11 is 0. The van der Waals surface area contributed by atoms with Crippen molar-refractivity contribution in [2.24, 2.45) is 23.5 Å². The van der Waals surface area contributed by atoms with Crippen LogP contribution in [-0.2, 0) is 23.8 Å². The molecule has 0 unspecified atom stereocenters. The molecular weight excluding hydrogens is 348 g/mol. The van der Waals surface area contributed by atoms with Crippen LogP contribution in [0.5, 0.6) is 0 Å². The van der Waals surface area contributed by atoms with E-state index < -0.39 is 12.1 Å². The molecule has 1 saturated heterocycles. The number of hydrogen-bond donors (Lipinski definition) is 2. The predicted octanol–water partition coefficient (Wildman–Crippen LogP) is 1.39. The lowest BCUT2D eigenvalue weighted by molar-refractivity contribution is -0.150. The van der Waals surface area contributed by atoms with Crippen LogP contribution in [0.2, 0.25) is 0 Å². The second kappa shape index (κ2) is 7.64. The molecule has 0 spiro atoms. The summed E-state index contributed by atoms with van der Waals surface area (Å²) in [5.74, 6) is -0.0595. The van der Waals surface area contributed by atoms with Crippen LogP contribution in [0.4, 0.5) is 0 Å². The van der Waals surface area contributed by atoms with Gasteiger partial charge in [-0.25, -0.2) is 0 Å². The monoisotopic (exact) mass is 376 g/mol. The molecule has 7 nitrogen and oxygen atoms in total. The molecule has 3 N–H and O–H groups in total. The average Bonchev–Trinajstić information content (AvgIpc) is 2.68. The number of ether oxygens (including phenoxy) is 3. The van der Waals surface area contributed by atoms with Crippen molar-refractivity contribution in [1.82, 2.24) is 5.32 Å². The van der Waals surface area contributed by atoms with Gasteiger partial charge < -0.3 is 25.3 Å². The summed E-state index contributed by atoms with van der Waals surface area (Å²) < 4.78 is 16.7. The van der Waals surface area contributed by atoms with E-state index in [9.17, 15) is 9.59 Å². The molecule has 0 amide bonds. The number of carbonyl (C=O) groups is 2. The molecule has 4 rings (SSSR count). The summed E-state index contributed by atoms with van der Waals surface area (Å²) in [6.07, 6.45) is 5.28. The molecule has 3 aliphatic heterocycles. The van der Waals surface area contributed by atoms with Gasteiger partial charge in [-0.1, -0.05) is 11.6 Å². The van der Waals surface area contributed by atoms with Gasteiger partial charge in [0.1, 0.15) is 6.10 Å². The average molecular weight is 376 g/mol. The van der Waals surface area contributed by atoms with Crippen molar-refractivity contribution in [3.63, 3.8) is 0 Å². The summed E-state index contributed by atoms with van der Waals surface area (Å²) in [4.78, 5) is 25.4. The van der Waals surface area contributed by atoms with Crippen molar-refractivity contribution >= 4 is 11.8 Å². The third-order valence-electron chi connectivity index (χ3n) is 6.18. The number of esters is 1. The maximum atomic E-state index is 13.2. The van der Waals surface area contributed by atoms with Gasteiger partial charge in [0, 0.05) is 19.6 Å². The number of hydrogen-bond acceptors (Lipinski definition) is 7. The van der Waals surface area contributed by atoms with Crippen LogP contribution >= 0.6 is 0 Å². The quantitative estimate of drug-likeness (QED) is 0.567. The lowest BCUT2D eigenvalue weighted by Crippen LogP contribution is -2.54. The first-order valence-corrected chi connectivity index (χ1v) is 9.98. The number of ketones is 1. The van der Waals surface area contributed by atoms with Crippen molar-refractivity contribution in [3.8, 4) is 0 Å². The Kier molecular flexibility index (Phi) is 5.23. The molecule has 148 valence electrons. The number of Topliss-reactive ketones (excluding diaryl/α,β-unsaturated/α-hetero) is 1. The SMILES string of the molecule is CCOC(=O)[C@H]1CC2=C(N[C@H]1N)O[C@@H]1CC=C(C3CCOCC3)C[C@@H]1C2=O. The Morgan fingerprint density at radius 3 is 2.85 bits per heavy atom. The second-order valence-electron chi connectivity index (χ2n) is 7.77. The van der Waals surface area contributed by atoms with Crippen molar-refractivity contribution in [2.75, 3.05) is 19.8 Å². The molecule has 0 saturated carbocycles.